The molecule has 0 amide bonds. The minimum absolute atomic E-state index is 0.0635. The van der Waals surface area contributed by atoms with Crippen LogP contribution in [-0.2, 0) is 9.53 Å². The first kappa shape index (κ1) is 21.9. The molecule has 1 heterocycles. The molecule has 32 heavy (non-hydrogen) atoms. The zero-order valence-corrected chi connectivity index (χ0v) is 21.4. The number of ether oxygens (including phenoxy) is 1. The minimum atomic E-state index is -0.248. The largest absolute Gasteiger partial charge is 0.458 e. The zero-order valence-electron chi connectivity index (χ0n) is 21.4. The van der Waals surface area contributed by atoms with Crippen LogP contribution in [0.1, 0.15) is 106 Å². The second-order valence-corrected chi connectivity index (χ2v) is 14.3. The van der Waals surface area contributed by atoms with Gasteiger partial charge in [-0.25, -0.2) is 0 Å². The molecule has 2 bridgehead atoms. The maximum absolute atomic E-state index is 13.6. The van der Waals surface area contributed by atoms with E-state index >= 15 is 0 Å². The van der Waals surface area contributed by atoms with Crippen LogP contribution < -0.4 is 0 Å². The number of rotatable bonds is 1. The fraction of sp³-hybridized carbons (Fsp3) is 0.966. The molecule has 5 saturated carbocycles. The van der Waals surface area contributed by atoms with Crippen molar-refractivity contribution in [2.45, 2.75) is 117 Å². The fourth-order valence-corrected chi connectivity index (χ4v) is 11.8. The number of aliphatic hydroxyl groups excluding tert-OH is 1. The maximum atomic E-state index is 13.6. The third kappa shape index (κ3) is 2.14. The number of aliphatic hydroxyl groups is 1. The Kier molecular flexibility index (Phi) is 4.35. The molecule has 3 heteroatoms. The van der Waals surface area contributed by atoms with E-state index in [4.69, 9.17) is 4.74 Å². The van der Waals surface area contributed by atoms with Crippen molar-refractivity contribution in [2.75, 3.05) is 0 Å². The van der Waals surface area contributed by atoms with Crippen molar-refractivity contribution in [3.05, 3.63) is 0 Å². The predicted octanol–water partition coefficient (Wildman–Crippen LogP) is 6.37. The Morgan fingerprint density at radius 3 is 2.41 bits per heavy atom. The van der Waals surface area contributed by atoms with Gasteiger partial charge >= 0.3 is 5.97 Å². The lowest BCUT2D eigenvalue weighted by Gasteiger charge is -2.72. The van der Waals surface area contributed by atoms with E-state index in [-0.39, 0.29) is 33.9 Å². The lowest BCUT2D eigenvalue weighted by Crippen LogP contribution is -2.71. The molecule has 3 nitrogen and oxygen atoms in total. The monoisotopic (exact) mass is 442 g/mol. The first-order valence-corrected chi connectivity index (χ1v) is 13.9. The first-order valence-electron chi connectivity index (χ1n) is 13.9. The molecule has 1 N–H and O–H groups in total. The van der Waals surface area contributed by atoms with Gasteiger partial charge in [0, 0.05) is 11.3 Å². The van der Waals surface area contributed by atoms with Crippen LogP contribution in [0.5, 0.6) is 0 Å². The third-order valence-corrected chi connectivity index (χ3v) is 13.7. The van der Waals surface area contributed by atoms with Crippen molar-refractivity contribution in [2.24, 2.45) is 57.2 Å². The quantitative estimate of drug-likeness (QED) is 0.480. The Hall–Kier alpha value is -0.570. The topological polar surface area (TPSA) is 46.5 Å². The fourth-order valence-electron chi connectivity index (χ4n) is 11.8. The van der Waals surface area contributed by atoms with Gasteiger partial charge < -0.3 is 9.84 Å². The lowest BCUT2D eigenvalue weighted by molar-refractivity contribution is -0.277. The van der Waals surface area contributed by atoms with Gasteiger partial charge in [0.2, 0.25) is 0 Å². The highest BCUT2D eigenvalue weighted by Crippen LogP contribution is 2.81. The van der Waals surface area contributed by atoms with E-state index in [0.29, 0.717) is 40.9 Å². The number of carbonyl (C=O) groups is 1. The molecular weight excluding hydrogens is 396 g/mol. The number of hydrogen-bond donors (Lipinski definition) is 1. The molecule has 6 aliphatic rings. The Morgan fingerprint density at radius 2 is 1.69 bits per heavy atom. The van der Waals surface area contributed by atoms with Crippen LogP contribution in [0.4, 0.5) is 0 Å². The highest BCUT2D eigenvalue weighted by atomic mass is 16.6. The molecule has 180 valence electrons. The first-order chi connectivity index (χ1) is 15.0. The Bertz CT molecular complexity index is 836. The van der Waals surface area contributed by atoms with E-state index in [0.717, 1.165) is 38.5 Å². The Balaban J connectivity index is 1.46. The van der Waals surface area contributed by atoms with Gasteiger partial charge in [-0.2, -0.15) is 0 Å². The normalized spacial score (nSPS) is 60.9. The Labute approximate surface area is 195 Å². The second kappa shape index (κ2) is 6.35. The molecule has 0 radical (unpaired) electrons. The van der Waals surface area contributed by atoms with Crippen LogP contribution in [0.2, 0.25) is 0 Å². The molecule has 1 aliphatic heterocycles. The summed E-state index contributed by atoms with van der Waals surface area (Å²) in [6.07, 6.45) is 11.2. The summed E-state index contributed by atoms with van der Waals surface area (Å²) in [5, 5.41) is 10.7. The van der Waals surface area contributed by atoms with Gasteiger partial charge in [-0.3, -0.25) is 4.79 Å². The van der Waals surface area contributed by atoms with E-state index in [1.54, 1.807) is 0 Å². The molecule has 6 fully saturated rings. The van der Waals surface area contributed by atoms with Gasteiger partial charge in [-0.15, -0.1) is 0 Å². The molecule has 5 aliphatic carbocycles. The highest BCUT2D eigenvalue weighted by molar-refractivity contribution is 5.82. The van der Waals surface area contributed by atoms with Crippen LogP contribution in [0.15, 0.2) is 0 Å². The van der Waals surface area contributed by atoms with Crippen molar-refractivity contribution >= 4 is 5.97 Å². The van der Waals surface area contributed by atoms with Crippen LogP contribution >= 0.6 is 0 Å². The molecule has 11 atom stereocenters. The number of carbonyl (C=O) groups excluding carboxylic acids is 1. The van der Waals surface area contributed by atoms with Crippen LogP contribution in [0.3, 0.4) is 0 Å². The number of esters is 1. The van der Waals surface area contributed by atoms with Crippen molar-refractivity contribution in [3.8, 4) is 0 Å². The van der Waals surface area contributed by atoms with Gasteiger partial charge in [-0.1, -0.05) is 41.5 Å². The van der Waals surface area contributed by atoms with Crippen molar-refractivity contribution in [3.63, 3.8) is 0 Å². The van der Waals surface area contributed by atoms with E-state index in [1.165, 1.54) is 25.7 Å². The maximum Gasteiger partial charge on any atom is 0.313 e. The van der Waals surface area contributed by atoms with Crippen molar-refractivity contribution in [1.29, 1.82) is 0 Å². The van der Waals surface area contributed by atoms with Gasteiger partial charge in [0.25, 0.3) is 0 Å². The highest BCUT2D eigenvalue weighted by Gasteiger charge is 2.82. The van der Waals surface area contributed by atoms with Gasteiger partial charge in [0.05, 0.1) is 11.5 Å². The third-order valence-electron chi connectivity index (χ3n) is 13.7. The molecule has 0 unspecified atom stereocenters. The molecule has 0 aromatic carbocycles. The number of hydrogen-bond acceptors (Lipinski definition) is 3. The SMILES string of the molecule is CC(C)[C@@H]1CC[C@@]23CC[C@]4(C)[C@@](CC[C@@H]5[C@@]6(C)CC[C@@H](O)[C@@H](C)[C@@H]6CC[C@]54C)(OC2=O)[C@@H]13. The number of fused-ring (bicyclic) bond motifs is 4. The predicted molar refractivity (Wildman–Crippen MR) is 126 cm³/mol. The summed E-state index contributed by atoms with van der Waals surface area (Å²) in [6.45, 7) is 14.8. The van der Waals surface area contributed by atoms with Gasteiger partial charge in [0.15, 0.2) is 0 Å². The minimum Gasteiger partial charge on any atom is -0.458 e. The molecule has 1 saturated heterocycles. The van der Waals surface area contributed by atoms with E-state index < -0.39 is 0 Å². The summed E-state index contributed by atoms with van der Waals surface area (Å²) in [5.74, 6) is 3.55. The van der Waals surface area contributed by atoms with Crippen LogP contribution in [0, 0.1) is 57.2 Å². The van der Waals surface area contributed by atoms with Crippen LogP contribution in [0.25, 0.3) is 0 Å². The molecule has 1 spiro atoms. The molecular formula is C29H46O3. The van der Waals surface area contributed by atoms with Crippen molar-refractivity contribution in [1.82, 2.24) is 0 Å². The summed E-state index contributed by atoms with van der Waals surface area (Å²) in [7, 11) is 0. The van der Waals surface area contributed by atoms with E-state index in [2.05, 4.69) is 41.5 Å². The standard InChI is InChI=1S/C29H46O3/c1-17(2)19-7-13-28-16-15-27(6)26(5)12-8-20-18(3)21(30)9-11-25(20,4)22(26)10-14-29(27,23(19)28)32-24(28)31/h17-23,30H,7-16H2,1-6H3/t18-,19-,20-,21+,22+,23-,25-,26+,27-,28-,29-/m0/s1. The summed E-state index contributed by atoms with van der Waals surface area (Å²) in [4.78, 5) is 13.6. The summed E-state index contributed by atoms with van der Waals surface area (Å²) in [5.41, 5.74) is 0.151. The average Bonchev–Trinajstić information content (AvgIpc) is 3.21. The smallest absolute Gasteiger partial charge is 0.313 e. The van der Waals surface area contributed by atoms with E-state index in [1.807, 2.05) is 0 Å². The second-order valence-electron chi connectivity index (χ2n) is 14.3. The van der Waals surface area contributed by atoms with Gasteiger partial charge in [0.1, 0.15) is 5.60 Å². The van der Waals surface area contributed by atoms with Gasteiger partial charge in [-0.05, 0) is 105 Å². The average molecular weight is 443 g/mol. The molecule has 0 aromatic heterocycles. The summed E-state index contributed by atoms with van der Waals surface area (Å²) < 4.78 is 6.76. The summed E-state index contributed by atoms with van der Waals surface area (Å²) >= 11 is 0. The molecule has 6 rings (SSSR count). The lowest BCUT2D eigenvalue weighted by atomic mass is 9.32. The van der Waals surface area contributed by atoms with Crippen LogP contribution in [-0.4, -0.2) is 22.8 Å². The Morgan fingerprint density at radius 1 is 0.938 bits per heavy atom. The zero-order chi connectivity index (χ0) is 22.9. The van der Waals surface area contributed by atoms with Crippen molar-refractivity contribution < 1.29 is 14.6 Å². The molecule has 0 aromatic rings. The summed E-state index contributed by atoms with van der Waals surface area (Å²) in [6, 6.07) is 0. The van der Waals surface area contributed by atoms with E-state index in [9.17, 15) is 9.90 Å².